The van der Waals surface area contributed by atoms with Crippen LogP contribution in [0.4, 0.5) is 0 Å². The van der Waals surface area contributed by atoms with Gasteiger partial charge in [0.05, 0.1) is 0 Å². The fourth-order valence-electron chi connectivity index (χ4n) is 0. The van der Waals surface area contributed by atoms with Crippen LogP contribution in [0.15, 0.2) is 0 Å². The van der Waals surface area contributed by atoms with E-state index in [2.05, 4.69) is 34.6 Å². The minimum Gasteiger partial charge on any atom is -0.855 e. The summed E-state index contributed by atoms with van der Waals surface area (Å²) in [5, 5.41) is 17.9. The Morgan fingerprint density at radius 2 is 1.00 bits per heavy atom. The van der Waals surface area contributed by atoms with E-state index in [0.29, 0.717) is 0 Å². The molecule has 0 unspecified atom stereocenters. The Kier molecular flexibility index (Phi) is 91.6. The van der Waals surface area contributed by atoms with E-state index >= 15 is 0 Å². The molecule has 0 aliphatic carbocycles. The molecule has 0 aromatic heterocycles. The largest absolute Gasteiger partial charge is 4.00 e. The van der Waals surface area contributed by atoms with E-state index in [1.807, 2.05) is 0 Å². The molecule has 92 valence electrons. The molecule has 0 bridgehead atoms. The van der Waals surface area contributed by atoms with Crippen molar-refractivity contribution in [2.75, 3.05) is 13.2 Å². The maximum absolute atomic E-state index is 8.93. The molecule has 0 aliphatic heterocycles. The first kappa shape index (κ1) is 29.7. The summed E-state index contributed by atoms with van der Waals surface area (Å²) in [6, 6.07) is 0. The molecule has 0 aromatic rings. The third-order valence-corrected chi connectivity index (χ3v) is 0.354. The Bertz CT molecular complexity index is 44.1. The van der Waals surface area contributed by atoms with Gasteiger partial charge in [0.15, 0.2) is 0 Å². The van der Waals surface area contributed by atoms with Gasteiger partial charge in [0, 0.05) is 0 Å². The van der Waals surface area contributed by atoms with Gasteiger partial charge in [-0.1, -0.05) is 27.2 Å². The molecule has 0 spiro atoms. The van der Waals surface area contributed by atoms with E-state index in [1.165, 1.54) is 12.3 Å². The van der Waals surface area contributed by atoms with Gasteiger partial charge in [-0.3, -0.25) is 0 Å². The molecule has 0 aromatic carbocycles. The standard InChI is InChI=1S/2C4H9.2C2H5O.Zr/c1-4(2)3;1-3-4-2;2*1-2-3;/h1-3H3;1,3-4H2,2H3;2*2H2,1H3;/q4*-1;+4. The summed E-state index contributed by atoms with van der Waals surface area (Å²) in [6.45, 7) is 15.1. The molecule has 0 radical (unpaired) electrons. The summed E-state index contributed by atoms with van der Waals surface area (Å²) in [6.07, 6.45) is 2.28. The molecule has 0 atom stereocenters. The van der Waals surface area contributed by atoms with Gasteiger partial charge in [0.2, 0.25) is 0 Å². The second kappa shape index (κ2) is 46.3. The second-order valence-corrected chi connectivity index (χ2v) is 2.93. The molecule has 0 saturated heterocycles. The van der Waals surface area contributed by atoms with Gasteiger partial charge < -0.3 is 23.1 Å². The van der Waals surface area contributed by atoms with Crippen molar-refractivity contribution in [3.05, 3.63) is 12.8 Å². The third-order valence-electron chi connectivity index (χ3n) is 0.354. The van der Waals surface area contributed by atoms with Crippen LogP contribution in [-0.2, 0) is 26.2 Å². The zero-order valence-corrected chi connectivity index (χ0v) is 13.8. The van der Waals surface area contributed by atoms with Gasteiger partial charge in [-0.2, -0.15) is 27.2 Å². The molecule has 2 nitrogen and oxygen atoms in total. The first-order valence-electron chi connectivity index (χ1n) is 5.20. The average Bonchev–Trinajstić information content (AvgIpc) is 2.06. The first-order chi connectivity index (χ1) is 6.47. The van der Waals surface area contributed by atoms with Gasteiger partial charge in [-0.05, 0) is 0 Å². The topological polar surface area (TPSA) is 46.1 Å². The van der Waals surface area contributed by atoms with E-state index in [1.54, 1.807) is 13.8 Å². The zero-order valence-electron chi connectivity index (χ0n) is 11.4. The van der Waals surface area contributed by atoms with Gasteiger partial charge in [0.1, 0.15) is 0 Å². The van der Waals surface area contributed by atoms with Crippen molar-refractivity contribution in [1.29, 1.82) is 0 Å². The Morgan fingerprint density at radius 3 is 1.00 bits per heavy atom. The van der Waals surface area contributed by atoms with Crippen LogP contribution in [0.25, 0.3) is 0 Å². The summed E-state index contributed by atoms with van der Waals surface area (Å²) in [4.78, 5) is 0. The normalized spacial score (nSPS) is 6.80. The maximum Gasteiger partial charge on any atom is 4.00 e. The van der Waals surface area contributed by atoms with Crippen LogP contribution >= 0.6 is 0 Å². The van der Waals surface area contributed by atoms with Gasteiger partial charge in [-0.15, -0.1) is 13.2 Å². The number of hydrogen-bond acceptors (Lipinski definition) is 2. The van der Waals surface area contributed by atoms with Gasteiger partial charge >= 0.3 is 26.2 Å². The van der Waals surface area contributed by atoms with Crippen LogP contribution in [0.2, 0.25) is 0 Å². The molecule has 0 saturated carbocycles. The zero-order chi connectivity index (χ0) is 12.4. The van der Waals surface area contributed by atoms with Crippen LogP contribution in [-0.4, -0.2) is 13.2 Å². The van der Waals surface area contributed by atoms with Gasteiger partial charge in [0.25, 0.3) is 0 Å². The summed E-state index contributed by atoms with van der Waals surface area (Å²) >= 11 is 0. The minimum absolute atomic E-state index is 0. The summed E-state index contributed by atoms with van der Waals surface area (Å²) in [5.74, 6) is 1.42. The van der Waals surface area contributed by atoms with E-state index in [4.69, 9.17) is 10.2 Å². The molecular weight excluding hydrogens is 267 g/mol. The fraction of sp³-hybridized carbons (Fsp3) is 0.833. The summed E-state index contributed by atoms with van der Waals surface area (Å²) in [5.41, 5.74) is 0. The monoisotopic (exact) mass is 294 g/mol. The molecule has 0 heterocycles. The van der Waals surface area contributed by atoms with Gasteiger partial charge in [-0.25, -0.2) is 0 Å². The van der Waals surface area contributed by atoms with Crippen LogP contribution in [0.3, 0.4) is 0 Å². The van der Waals surface area contributed by atoms with Crippen molar-refractivity contribution < 1.29 is 36.4 Å². The molecule has 0 N–H and O–H groups in total. The molecule has 0 fully saturated rings. The number of hydrogen-bond donors (Lipinski definition) is 0. The average molecular weight is 296 g/mol. The van der Waals surface area contributed by atoms with Crippen molar-refractivity contribution in [3.63, 3.8) is 0 Å². The maximum atomic E-state index is 8.93. The number of rotatable bonds is 1. The van der Waals surface area contributed by atoms with E-state index in [-0.39, 0.29) is 39.4 Å². The fourth-order valence-corrected chi connectivity index (χ4v) is 0. The van der Waals surface area contributed by atoms with Crippen LogP contribution in [0.1, 0.15) is 54.4 Å². The van der Waals surface area contributed by atoms with Crippen molar-refractivity contribution >= 4 is 0 Å². The Balaban J connectivity index is -0.0000000293. The Hall–Kier alpha value is 0.803. The summed E-state index contributed by atoms with van der Waals surface area (Å²) in [7, 11) is 0. The number of unbranched alkanes of at least 4 members (excludes halogenated alkanes) is 1. The van der Waals surface area contributed by atoms with E-state index in [0.717, 1.165) is 6.42 Å². The Morgan fingerprint density at radius 1 is 0.933 bits per heavy atom. The van der Waals surface area contributed by atoms with Crippen molar-refractivity contribution in [3.8, 4) is 0 Å². The third kappa shape index (κ3) is 746. The molecule has 0 rings (SSSR count). The Labute approximate surface area is 117 Å². The second-order valence-electron chi connectivity index (χ2n) is 2.93. The SMILES string of the molecule is CC[O-].CC[O-].C[C-](C)C.[CH2-]CCC.[Zr+4]. The first-order valence-corrected chi connectivity index (χ1v) is 5.20. The van der Waals surface area contributed by atoms with Crippen LogP contribution in [0.5, 0.6) is 0 Å². The van der Waals surface area contributed by atoms with Crippen molar-refractivity contribution in [1.82, 2.24) is 0 Å². The quantitative estimate of drug-likeness (QED) is 0.694. The van der Waals surface area contributed by atoms with Crippen LogP contribution in [0, 0.1) is 12.8 Å². The van der Waals surface area contributed by atoms with E-state index < -0.39 is 0 Å². The molecular formula is C12H28O2Zr. The molecule has 3 heteroatoms. The smallest absolute Gasteiger partial charge is 0.855 e. The van der Waals surface area contributed by atoms with Crippen molar-refractivity contribution in [2.24, 2.45) is 0 Å². The molecule has 15 heavy (non-hydrogen) atoms. The minimum atomic E-state index is 0. The molecule has 0 amide bonds. The summed E-state index contributed by atoms with van der Waals surface area (Å²) < 4.78 is 0. The predicted molar refractivity (Wildman–Crippen MR) is 61.6 cm³/mol. The predicted octanol–water partition coefficient (Wildman–Crippen LogP) is 1.97. The van der Waals surface area contributed by atoms with Crippen molar-refractivity contribution in [2.45, 2.75) is 54.4 Å². The molecule has 0 aliphatic rings. The van der Waals surface area contributed by atoms with E-state index in [9.17, 15) is 0 Å². The van der Waals surface area contributed by atoms with Crippen LogP contribution < -0.4 is 10.2 Å².